The van der Waals surface area contributed by atoms with Gasteiger partial charge >= 0.3 is 6.36 Å². The molecule has 0 amide bonds. The first-order valence-electron chi connectivity index (χ1n) is 6.35. The Hall–Kier alpha value is -2.64. The van der Waals surface area contributed by atoms with Crippen LogP contribution in [0.4, 0.5) is 22.0 Å². The number of rotatable bonds is 4. The zero-order valence-electron chi connectivity index (χ0n) is 11.6. The number of para-hydroxylation sites is 1. The van der Waals surface area contributed by atoms with E-state index in [1.54, 1.807) is 0 Å². The molecule has 0 spiro atoms. The quantitative estimate of drug-likeness (QED) is 0.527. The average Bonchev–Trinajstić information content (AvgIpc) is 2.47. The lowest BCUT2D eigenvalue weighted by Gasteiger charge is -2.12. The number of nitrogens with two attached hydrogens (primary N) is 1. The van der Waals surface area contributed by atoms with E-state index in [4.69, 9.17) is 5.73 Å². The lowest BCUT2D eigenvalue weighted by atomic mass is 10.2. The molecule has 2 N–H and O–H groups in total. The molecule has 23 heavy (non-hydrogen) atoms. The van der Waals surface area contributed by atoms with Crippen molar-refractivity contribution in [2.75, 3.05) is 0 Å². The largest absolute Gasteiger partial charge is 0.573 e. The van der Waals surface area contributed by atoms with Gasteiger partial charge in [0.15, 0.2) is 11.6 Å². The Balaban J connectivity index is 2.20. The number of halogens is 5. The molecule has 0 unspecified atom stereocenters. The van der Waals surface area contributed by atoms with Gasteiger partial charge in [0.2, 0.25) is 0 Å². The van der Waals surface area contributed by atoms with Crippen molar-refractivity contribution in [3.63, 3.8) is 0 Å². The zero-order valence-corrected chi connectivity index (χ0v) is 11.6. The maximum Gasteiger partial charge on any atom is 0.573 e. The molecule has 2 rings (SSSR count). The number of amidine groups is 1. The highest BCUT2D eigenvalue weighted by molar-refractivity contribution is 5.97. The van der Waals surface area contributed by atoms with Gasteiger partial charge in [0.05, 0.1) is 6.54 Å². The van der Waals surface area contributed by atoms with Crippen LogP contribution in [0.3, 0.4) is 0 Å². The molecule has 2 aromatic rings. The van der Waals surface area contributed by atoms with Gasteiger partial charge in [-0.2, -0.15) is 0 Å². The van der Waals surface area contributed by atoms with Crippen LogP contribution in [-0.4, -0.2) is 12.2 Å². The number of benzene rings is 2. The second kappa shape index (κ2) is 6.64. The van der Waals surface area contributed by atoms with Gasteiger partial charge in [-0.3, -0.25) is 4.99 Å². The number of alkyl halides is 3. The van der Waals surface area contributed by atoms with Gasteiger partial charge in [0, 0.05) is 11.1 Å². The zero-order chi connectivity index (χ0) is 17.0. The summed E-state index contributed by atoms with van der Waals surface area (Å²) >= 11 is 0. The third-order valence-electron chi connectivity index (χ3n) is 2.83. The molecule has 0 saturated carbocycles. The van der Waals surface area contributed by atoms with Gasteiger partial charge in [0.25, 0.3) is 0 Å². The molecule has 8 heteroatoms. The van der Waals surface area contributed by atoms with E-state index < -0.39 is 23.7 Å². The molecule has 0 bridgehead atoms. The average molecular weight is 330 g/mol. The lowest BCUT2D eigenvalue weighted by Crippen LogP contribution is -2.18. The lowest BCUT2D eigenvalue weighted by molar-refractivity contribution is -0.274. The topological polar surface area (TPSA) is 47.6 Å². The summed E-state index contributed by atoms with van der Waals surface area (Å²) in [4.78, 5) is 3.88. The predicted molar refractivity (Wildman–Crippen MR) is 73.9 cm³/mol. The maximum atomic E-state index is 13.1. The summed E-state index contributed by atoms with van der Waals surface area (Å²) in [5.41, 5.74) is 5.91. The highest BCUT2D eigenvalue weighted by Crippen LogP contribution is 2.26. The Morgan fingerprint density at radius 1 is 1.04 bits per heavy atom. The van der Waals surface area contributed by atoms with Crippen molar-refractivity contribution in [3.8, 4) is 5.75 Å². The van der Waals surface area contributed by atoms with Gasteiger partial charge in [-0.25, -0.2) is 8.78 Å². The van der Waals surface area contributed by atoms with Gasteiger partial charge in [0.1, 0.15) is 11.6 Å². The van der Waals surface area contributed by atoms with Crippen LogP contribution in [-0.2, 0) is 6.54 Å². The van der Waals surface area contributed by atoms with Crippen LogP contribution >= 0.6 is 0 Å². The van der Waals surface area contributed by atoms with Crippen molar-refractivity contribution in [3.05, 3.63) is 65.2 Å². The summed E-state index contributed by atoms with van der Waals surface area (Å²) in [7, 11) is 0. The van der Waals surface area contributed by atoms with Crippen molar-refractivity contribution >= 4 is 5.84 Å². The van der Waals surface area contributed by atoms with Crippen LogP contribution in [0.5, 0.6) is 5.75 Å². The molecule has 0 aliphatic carbocycles. The van der Waals surface area contributed by atoms with Crippen molar-refractivity contribution in [1.82, 2.24) is 0 Å². The third-order valence-corrected chi connectivity index (χ3v) is 2.83. The molecule has 3 nitrogen and oxygen atoms in total. The summed E-state index contributed by atoms with van der Waals surface area (Å²) in [6, 6.07) is 8.39. The molecule has 0 saturated heterocycles. The molecule has 0 aliphatic rings. The second-order valence-corrected chi connectivity index (χ2v) is 4.49. The first kappa shape index (κ1) is 16.7. The van der Waals surface area contributed by atoms with Crippen molar-refractivity contribution < 1.29 is 26.7 Å². The number of hydrogen-bond acceptors (Lipinski definition) is 2. The van der Waals surface area contributed by atoms with E-state index in [-0.39, 0.29) is 23.5 Å². The van der Waals surface area contributed by atoms with Crippen molar-refractivity contribution in [2.24, 2.45) is 10.7 Å². The van der Waals surface area contributed by atoms with E-state index in [2.05, 4.69) is 9.73 Å². The number of nitrogens with zero attached hydrogens (tertiary/aromatic N) is 1. The van der Waals surface area contributed by atoms with Crippen LogP contribution < -0.4 is 10.5 Å². The standard InChI is InChI=1S/C15H11F5N2O/c16-11-6-5-9(7-12(11)17)14(21)22-8-10-3-1-2-4-13(10)23-15(18,19)20/h1-7H,8H2,(H2,21,22). The molecule has 122 valence electrons. The maximum absolute atomic E-state index is 13.1. The first-order chi connectivity index (χ1) is 10.8. The van der Waals surface area contributed by atoms with Crippen LogP contribution in [0, 0.1) is 11.6 Å². The summed E-state index contributed by atoms with van der Waals surface area (Å²) in [5, 5.41) is 0. The van der Waals surface area contributed by atoms with Gasteiger partial charge in [-0.05, 0) is 24.3 Å². The fourth-order valence-electron chi connectivity index (χ4n) is 1.78. The minimum absolute atomic E-state index is 0.123. The van der Waals surface area contributed by atoms with Crippen LogP contribution in [0.25, 0.3) is 0 Å². The minimum atomic E-state index is -4.83. The highest BCUT2D eigenvalue weighted by Gasteiger charge is 2.31. The van der Waals surface area contributed by atoms with E-state index >= 15 is 0 Å². The van der Waals surface area contributed by atoms with E-state index in [0.29, 0.717) is 0 Å². The summed E-state index contributed by atoms with van der Waals surface area (Å²) < 4.78 is 66.8. The van der Waals surface area contributed by atoms with Crippen LogP contribution in [0.2, 0.25) is 0 Å². The van der Waals surface area contributed by atoms with E-state index in [1.165, 1.54) is 24.3 Å². The second-order valence-electron chi connectivity index (χ2n) is 4.49. The predicted octanol–water partition coefficient (Wildman–Crippen LogP) is 3.77. The number of ether oxygens (including phenoxy) is 1. The van der Waals surface area contributed by atoms with Gasteiger partial charge < -0.3 is 10.5 Å². The Morgan fingerprint density at radius 3 is 2.39 bits per heavy atom. The molecule has 0 aliphatic heterocycles. The minimum Gasteiger partial charge on any atom is -0.405 e. The SMILES string of the molecule is NC(=NCc1ccccc1OC(F)(F)F)c1ccc(F)c(F)c1. The molecule has 0 radical (unpaired) electrons. The first-order valence-corrected chi connectivity index (χ1v) is 6.35. The molecule has 0 heterocycles. The summed E-state index contributed by atoms with van der Waals surface area (Å²) in [5.74, 6) is -2.67. The Bertz CT molecular complexity index is 728. The molecule has 2 aromatic carbocycles. The van der Waals surface area contributed by atoms with Crippen molar-refractivity contribution in [1.29, 1.82) is 0 Å². The Labute approximate surface area is 128 Å². The summed E-state index contributed by atoms with van der Waals surface area (Å²) in [6.45, 7) is -0.211. The molecular formula is C15H11F5N2O. The monoisotopic (exact) mass is 330 g/mol. The van der Waals surface area contributed by atoms with Crippen molar-refractivity contribution in [2.45, 2.75) is 12.9 Å². The van der Waals surface area contributed by atoms with Crippen LogP contribution in [0.1, 0.15) is 11.1 Å². The smallest absolute Gasteiger partial charge is 0.405 e. The molecule has 0 atom stereocenters. The van der Waals surface area contributed by atoms with Gasteiger partial charge in [-0.1, -0.05) is 18.2 Å². The fourth-order valence-corrected chi connectivity index (χ4v) is 1.78. The van der Waals surface area contributed by atoms with E-state index in [1.807, 2.05) is 0 Å². The molecule has 0 fully saturated rings. The van der Waals surface area contributed by atoms with E-state index in [0.717, 1.165) is 18.2 Å². The van der Waals surface area contributed by atoms with Gasteiger partial charge in [-0.15, -0.1) is 13.2 Å². The Kier molecular flexibility index (Phi) is 4.83. The molecule has 0 aromatic heterocycles. The normalized spacial score (nSPS) is 12.3. The van der Waals surface area contributed by atoms with E-state index in [9.17, 15) is 22.0 Å². The van der Waals surface area contributed by atoms with Crippen LogP contribution in [0.15, 0.2) is 47.5 Å². The third kappa shape index (κ3) is 4.67. The molecular weight excluding hydrogens is 319 g/mol. The summed E-state index contributed by atoms with van der Waals surface area (Å²) in [6.07, 6.45) is -4.83. The number of hydrogen-bond donors (Lipinski definition) is 1. The number of aliphatic imine (C=N–C) groups is 1. The Morgan fingerprint density at radius 2 is 1.74 bits per heavy atom. The fraction of sp³-hybridized carbons (Fsp3) is 0.133. The highest BCUT2D eigenvalue weighted by atomic mass is 19.4.